The monoisotopic (exact) mass is 585 g/mol. The van der Waals surface area contributed by atoms with E-state index in [2.05, 4.69) is 39.5 Å². The first-order chi connectivity index (χ1) is 19.4. The fourth-order valence-electron chi connectivity index (χ4n) is 6.46. The lowest BCUT2D eigenvalue weighted by molar-refractivity contribution is -0.125. The maximum absolute atomic E-state index is 15.2. The summed E-state index contributed by atoms with van der Waals surface area (Å²) in [6.07, 6.45) is 9.68. The topological polar surface area (TPSA) is 93.7 Å². The Hall–Kier alpha value is -2.98. The van der Waals surface area contributed by atoms with Gasteiger partial charge in [-0.2, -0.15) is 4.98 Å². The molecule has 0 atom stereocenters. The molecule has 3 aliphatic rings. The third-order valence-electron chi connectivity index (χ3n) is 8.91. The van der Waals surface area contributed by atoms with Crippen LogP contribution in [0.2, 0.25) is 5.02 Å². The molecule has 2 aromatic rings. The minimum absolute atomic E-state index is 0.00767. The molecule has 0 unspecified atom stereocenters. The Kier molecular flexibility index (Phi) is 8.43. The molecule has 0 spiro atoms. The molecule has 0 radical (unpaired) electrons. The summed E-state index contributed by atoms with van der Waals surface area (Å²) in [4.78, 5) is 41.5. The van der Waals surface area contributed by atoms with Crippen molar-refractivity contribution >= 4 is 46.6 Å². The zero-order valence-electron chi connectivity index (χ0n) is 24.6. The number of nitrogens with one attached hydrogen (secondary N) is 2. The van der Waals surface area contributed by atoms with Gasteiger partial charge in [-0.05, 0) is 78.6 Å². The van der Waals surface area contributed by atoms with E-state index in [0.29, 0.717) is 24.1 Å². The number of fused-ring (bicyclic) bond motifs is 1. The molecule has 1 aromatic heterocycles. The van der Waals surface area contributed by atoms with Crippen LogP contribution in [0.25, 0.3) is 0 Å². The maximum Gasteiger partial charge on any atom is 0.254 e. The van der Waals surface area contributed by atoms with E-state index in [9.17, 15) is 9.59 Å². The van der Waals surface area contributed by atoms with Crippen molar-refractivity contribution in [3.05, 3.63) is 34.7 Å². The second-order valence-corrected chi connectivity index (χ2v) is 13.0. The number of carbonyl (C=O) groups excluding carboxylic acids is 2. The minimum atomic E-state index is -0.675. The van der Waals surface area contributed by atoms with Crippen LogP contribution in [0.15, 0.2) is 18.3 Å². The molecular weight excluding hydrogens is 545 g/mol. The van der Waals surface area contributed by atoms with Gasteiger partial charge in [-0.3, -0.25) is 9.59 Å². The average Bonchev–Trinajstić information content (AvgIpc) is 3.46. The van der Waals surface area contributed by atoms with Crippen molar-refractivity contribution in [3.8, 4) is 0 Å². The summed E-state index contributed by atoms with van der Waals surface area (Å²) < 4.78 is 15.2. The molecule has 1 aromatic carbocycles. The van der Waals surface area contributed by atoms with E-state index >= 15 is 4.39 Å². The lowest BCUT2D eigenvalue weighted by Crippen LogP contribution is -2.45. The van der Waals surface area contributed by atoms with Crippen LogP contribution in [0, 0.1) is 11.2 Å². The van der Waals surface area contributed by atoms with Crippen molar-refractivity contribution < 1.29 is 14.0 Å². The van der Waals surface area contributed by atoms with Gasteiger partial charge in [0.1, 0.15) is 11.5 Å². The summed E-state index contributed by atoms with van der Waals surface area (Å²) in [7, 11) is 5.89. The number of halogens is 2. The summed E-state index contributed by atoms with van der Waals surface area (Å²) in [6, 6.07) is 3.37. The van der Waals surface area contributed by atoms with Crippen molar-refractivity contribution in [1.29, 1.82) is 0 Å². The summed E-state index contributed by atoms with van der Waals surface area (Å²) in [5, 5.41) is 6.21. The zero-order valence-corrected chi connectivity index (χ0v) is 25.4. The number of hydrogen-bond acceptors (Lipinski definition) is 7. The number of benzene rings is 1. The highest BCUT2D eigenvalue weighted by molar-refractivity contribution is 6.33. The Balaban J connectivity index is 1.36. The lowest BCUT2D eigenvalue weighted by atomic mass is 9.90. The molecule has 2 aliphatic carbocycles. The SMILES string of the molecule is CN1C(=O)C(C)(C)CN(C2CCCC2)c2nc(Nc3cc(F)c(C(=O)NC4CCC(N(C)C)CC4)cc3Cl)ncc21. The number of carbonyl (C=O) groups is 2. The van der Waals surface area contributed by atoms with Crippen LogP contribution in [0.3, 0.4) is 0 Å². The fraction of sp³-hybridized carbons (Fsp3) is 0.600. The first kappa shape index (κ1) is 29.5. The molecule has 2 N–H and O–H groups in total. The molecule has 222 valence electrons. The quantitative estimate of drug-likeness (QED) is 0.471. The second kappa shape index (κ2) is 11.7. The summed E-state index contributed by atoms with van der Waals surface area (Å²) >= 11 is 6.54. The van der Waals surface area contributed by atoms with Crippen molar-refractivity contribution in [3.63, 3.8) is 0 Å². The van der Waals surface area contributed by atoms with Crippen LogP contribution in [0.1, 0.15) is 75.6 Å². The van der Waals surface area contributed by atoms with E-state index in [0.717, 1.165) is 51.4 Å². The predicted octanol–water partition coefficient (Wildman–Crippen LogP) is 5.37. The van der Waals surface area contributed by atoms with Crippen LogP contribution in [-0.4, -0.2) is 72.5 Å². The van der Waals surface area contributed by atoms with Gasteiger partial charge in [0, 0.05) is 31.7 Å². The molecule has 9 nitrogen and oxygen atoms in total. The summed E-state index contributed by atoms with van der Waals surface area (Å²) in [6.45, 7) is 4.46. The maximum atomic E-state index is 15.2. The first-order valence-corrected chi connectivity index (χ1v) is 15.0. The number of rotatable bonds is 6. The van der Waals surface area contributed by atoms with Crippen molar-refractivity contribution in [1.82, 2.24) is 20.2 Å². The van der Waals surface area contributed by atoms with Crippen LogP contribution in [0.5, 0.6) is 0 Å². The molecule has 1 aliphatic heterocycles. The van der Waals surface area contributed by atoms with E-state index in [1.807, 2.05) is 13.8 Å². The molecule has 5 rings (SSSR count). The molecule has 11 heteroatoms. The van der Waals surface area contributed by atoms with E-state index < -0.39 is 17.1 Å². The van der Waals surface area contributed by atoms with Gasteiger partial charge in [-0.15, -0.1) is 0 Å². The van der Waals surface area contributed by atoms with Gasteiger partial charge in [-0.1, -0.05) is 24.4 Å². The molecular formula is C30H41ClFN7O2. The van der Waals surface area contributed by atoms with Crippen LogP contribution >= 0.6 is 11.6 Å². The number of hydrogen-bond donors (Lipinski definition) is 2. The van der Waals surface area contributed by atoms with Gasteiger partial charge in [-0.25, -0.2) is 9.37 Å². The molecule has 0 bridgehead atoms. The van der Waals surface area contributed by atoms with Gasteiger partial charge in [0.25, 0.3) is 5.91 Å². The first-order valence-electron chi connectivity index (χ1n) is 14.6. The average molecular weight is 586 g/mol. The smallest absolute Gasteiger partial charge is 0.254 e. The third kappa shape index (κ3) is 6.14. The highest BCUT2D eigenvalue weighted by atomic mass is 35.5. The molecule has 2 saturated carbocycles. The molecule has 41 heavy (non-hydrogen) atoms. The van der Waals surface area contributed by atoms with E-state index in [4.69, 9.17) is 16.6 Å². The Morgan fingerprint density at radius 2 is 1.80 bits per heavy atom. The van der Waals surface area contributed by atoms with E-state index in [1.165, 1.54) is 12.1 Å². The van der Waals surface area contributed by atoms with Gasteiger partial charge < -0.3 is 25.3 Å². The Bertz CT molecular complexity index is 1310. The van der Waals surface area contributed by atoms with E-state index in [1.54, 1.807) is 18.1 Å². The second-order valence-electron chi connectivity index (χ2n) is 12.6. The Morgan fingerprint density at radius 3 is 2.46 bits per heavy atom. The van der Waals surface area contributed by atoms with Crippen LogP contribution in [-0.2, 0) is 4.79 Å². The van der Waals surface area contributed by atoms with Crippen molar-refractivity contribution in [2.75, 3.05) is 42.8 Å². The molecule has 0 saturated heterocycles. The molecule has 2 heterocycles. The Labute approximate surface area is 246 Å². The van der Waals surface area contributed by atoms with Gasteiger partial charge in [0.15, 0.2) is 5.82 Å². The highest BCUT2D eigenvalue weighted by Gasteiger charge is 2.41. The van der Waals surface area contributed by atoms with Crippen LogP contribution < -0.4 is 20.4 Å². The molecule has 2 amide bonds. The Morgan fingerprint density at radius 1 is 1.12 bits per heavy atom. The number of aromatic nitrogens is 2. The summed E-state index contributed by atoms with van der Waals surface area (Å²) in [5.74, 6) is -0.219. The van der Waals surface area contributed by atoms with Gasteiger partial charge in [0.05, 0.1) is 27.9 Å². The summed E-state index contributed by atoms with van der Waals surface area (Å²) in [5.41, 5.74) is 0.216. The van der Waals surface area contributed by atoms with Crippen LogP contribution in [0.4, 0.5) is 27.5 Å². The lowest BCUT2D eigenvalue weighted by Gasteiger charge is -2.34. The third-order valence-corrected chi connectivity index (χ3v) is 9.22. The predicted molar refractivity (Wildman–Crippen MR) is 161 cm³/mol. The van der Waals surface area contributed by atoms with Gasteiger partial charge >= 0.3 is 0 Å². The number of nitrogens with zero attached hydrogens (tertiary/aromatic N) is 5. The number of amides is 2. The standard InChI is InChI=1S/C30H41ClFN7O2/c1-30(2)17-39(20-8-6-7-9-20)26-25(38(5)28(30)41)16-33-29(36-26)35-24-15-23(32)21(14-22(24)31)27(40)34-18-10-12-19(13-11-18)37(3)4/h14-16,18-20H,6-13,17H2,1-5H3,(H,34,40)(H,33,35,36). The molecule has 2 fully saturated rings. The van der Waals surface area contributed by atoms with Crippen molar-refractivity contribution in [2.24, 2.45) is 5.41 Å². The largest absolute Gasteiger partial charge is 0.351 e. The van der Waals surface area contributed by atoms with Gasteiger partial charge in [0.2, 0.25) is 11.9 Å². The number of anilines is 4. The zero-order chi connectivity index (χ0) is 29.5. The minimum Gasteiger partial charge on any atom is -0.351 e. The van der Waals surface area contributed by atoms with Crippen molar-refractivity contribution in [2.45, 2.75) is 83.3 Å². The highest BCUT2D eigenvalue weighted by Crippen LogP contribution is 2.40. The fourth-order valence-corrected chi connectivity index (χ4v) is 6.67. The van der Waals surface area contributed by atoms with E-state index in [-0.39, 0.29) is 40.2 Å². The normalized spacial score (nSPS) is 23.0.